The summed E-state index contributed by atoms with van der Waals surface area (Å²) in [7, 11) is 1.74. The summed E-state index contributed by atoms with van der Waals surface area (Å²) in [5.74, 6) is 0.456. The number of Topliss-reactive ketones (excluding diaryl/α,β-unsaturated/α-hetero) is 1. The number of carbonyl (C=O) groups is 2. The summed E-state index contributed by atoms with van der Waals surface area (Å²) in [6.07, 6.45) is 0.683. The summed E-state index contributed by atoms with van der Waals surface area (Å²) in [4.78, 5) is 20.9. The van der Waals surface area contributed by atoms with Crippen molar-refractivity contribution in [1.82, 2.24) is 4.31 Å². The summed E-state index contributed by atoms with van der Waals surface area (Å²) in [6.45, 7) is 0. The zero-order chi connectivity index (χ0) is 6.85. The number of nitrogens with zero attached hydrogens (tertiary/aromatic N) is 1. The fraction of sp³-hybridized carbons (Fsp3) is 0.600. The number of likely N-dealkylation sites (N-methyl/N-ethyl adjacent to an activating group) is 1. The second-order valence-electron chi connectivity index (χ2n) is 1.87. The van der Waals surface area contributed by atoms with Gasteiger partial charge >= 0.3 is 37.7 Å². The average molecular weight is 187 g/mol. The van der Waals surface area contributed by atoms with Gasteiger partial charge in [0.15, 0.2) is 5.78 Å². The van der Waals surface area contributed by atoms with Gasteiger partial charge in [-0.05, 0) is 7.05 Å². The summed E-state index contributed by atoms with van der Waals surface area (Å²) >= 11 is 1.39. The maximum Gasteiger partial charge on any atom is 2.00 e. The zero-order valence-corrected chi connectivity index (χ0v) is 8.77. The largest absolute Gasteiger partial charge is 2.00 e. The van der Waals surface area contributed by atoms with Gasteiger partial charge in [0, 0.05) is 0 Å². The van der Waals surface area contributed by atoms with Gasteiger partial charge in [0.05, 0.1) is 5.75 Å². The van der Waals surface area contributed by atoms with Crippen LogP contribution in [0.15, 0.2) is 0 Å². The molecule has 1 rings (SSSR count). The Balaban J connectivity index is -0.000000270. The summed E-state index contributed by atoms with van der Waals surface area (Å²) in [5, 5.41) is 0. The van der Waals surface area contributed by atoms with Gasteiger partial charge in [0.1, 0.15) is 12.3 Å². The number of rotatable bonds is 1. The van der Waals surface area contributed by atoms with Gasteiger partial charge in [0.2, 0.25) is 0 Å². The van der Waals surface area contributed by atoms with E-state index in [9.17, 15) is 9.59 Å². The molecule has 54 valence electrons. The Hall–Kier alpha value is 0.910. The van der Waals surface area contributed by atoms with Gasteiger partial charge < -0.3 is 7.65 Å². The van der Waals surface area contributed by atoms with Crippen LogP contribution in [0.25, 0.3) is 0 Å². The quantitative estimate of drug-likeness (QED) is 0.241. The van der Waals surface area contributed by atoms with E-state index in [0.29, 0.717) is 12.0 Å². The molecule has 1 fully saturated rings. The SMILES string of the molecule is CN1SCC(=O)C1C=O.[Ca+2].[H-].[H-]. The second-order valence-corrected chi connectivity index (χ2v) is 2.99. The van der Waals surface area contributed by atoms with E-state index in [0.717, 1.165) is 0 Å². The van der Waals surface area contributed by atoms with Crippen molar-refractivity contribution in [3.63, 3.8) is 0 Å². The van der Waals surface area contributed by atoms with E-state index in [-0.39, 0.29) is 46.4 Å². The third-order valence-corrected chi connectivity index (χ3v) is 2.31. The van der Waals surface area contributed by atoms with Gasteiger partial charge in [-0.2, -0.15) is 0 Å². The Labute approximate surface area is 96.6 Å². The number of carbonyl (C=O) groups excluding carboxylic acids is 2. The third-order valence-electron chi connectivity index (χ3n) is 1.26. The molecule has 1 aliphatic rings. The van der Waals surface area contributed by atoms with Crippen LogP contribution >= 0.6 is 11.9 Å². The van der Waals surface area contributed by atoms with Crippen LogP contribution < -0.4 is 0 Å². The van der Waals surface area contributed by atoms with Crippen LogP contribution in [0, 0.1) is 0 Å². The molecule has 0 aromatic carbocycles. The molecule has 0 spiro atoms. The predicted octanol–water partition coefficient (Wildman–Crippen LogP) is -0.439. The van der Waals surface area contributed by atoms with E-state index >= 15 is 0 Å². The molecule has 1 aliphatic heterocycles. The average Bonchev–Trinajstić information content (AvgIpc) is 2.12. The Morgan fingerprint density at radius 3 is 2.70 bits per heavy atom. The molecule has 5 heteroatoms. The van der Waals surface area contributed by atoms with Crippen molar-refractivity contribution < 1.29 is 12.4 Å². The molecule has 0 aliphatic carbocycles. The van der Waals surface area contributed by atoms with Gasteiger partial charge in [0.25, 0.3) is 0 Å². The Kier molecular flexibility index (Phi) is 5.15. The van der Waals surface area contributed by atoms with Crippen LogP contribution in [0.1, 0.15) is 2.85 Å². The van der Waals surface area contributed by atoms with E-state index in [1.807, 2.05) is 0 Å². The normalized spacial score (nSPS) is 26.1. The Morgan fingerprint density at radius 2 is 2.50 bits per heavy atom. The monoisotopic (exact) mass is 187 g/mol. The van der Waals surface area contributed by atoms with Crippen molar-refractivity contribution in [2.45, 2.75) is 6.04 Å². The number of hydrogen-bond donors (Lipinski definition) is 0. The summed E-state index contributed by atoms with van der Waals surface area (Å²) in [6, 6.07) is -0.491. The summed E-state index contributed by atoms with van der Waals surface area (Å²) < 4.78 is 1.68. The van der Waals surface area contributed by atoms with Crippen LogP contribution in [-0.4, -0.2) is 73.0 Å². The fourth-order valence-electron chi connectivity index (χ4n) is 0.695. The standard InChI is InChI=1S/C5H7NO2S.Ca.2H/c1-6-4(2-7)5(8)3-9-6;;;/h2,4H,3H2,1H3;;;/q;+2;2*-1. The van der Waals surface area contributed by atoms with Crippen LogP contribution in [-0.2, 0) is 9.59 Å². The first-order valence-electron chi connectivity index (χ1n) is 2.59. The molecule has 1 unspecified atom stereocenters. The molecule has 0 radical (unpaired) electrons. The molecule has 0 aromatic heterocycles. The second kappa shape index (κ2) is 4.72. The van der Waals surface area contributed by atoms with Crippen LogP contribution in [0.4, 0.5) is 0 Å². The molecule has 0 saturated carbocycles. The molecule has 10 heavy (non-hydrogen) atoms. The van der Waals surface area contributed by atoms with Crippen molar-refractivity contribution in [1.29, 1.82) is 0 Å². The van der Waals surface area contributed by atoms with Gasteiger partial charge in [-0.3, -0.25) is 4.79 Å². The fourth-order valence-corrected chi connectivity index (χ4v) is 1.52. The minimum absolute atomic E-state index is 0. The number of ketones is 1. The van der Waals surface area contributed by atoms with Crippen molar-refractivity contribution in [2.24, 2.45) is 0 Å². The topological polar surface area (TPSA) is 37.4 Å². The van der Waals surface area contributed by atoms with Crippen LogP contribution in [0.5, 0.6) is 0 Å². The van der Waals surface area contributed by atoms with Crippen LogP contribution in [0.3, 0.4) is 0 Å². The smallest absolute Gasteiger partial charge is 1.00 e. The first kappa shape index (κ1) is 10.9. The molecule has 1 atom stereocenters. The molecular weight excluding hydrogens is 178 g/mol. The van der Waals surface area contributed by atoms with Gasteiger partial charge in [-0.25, -0.2) is 4.31 Å². The Bertz CT molecular complexity index is 160. The van der Waals surface area contributed by atoms with E-state index in [2.05, 4.69) is 0 Å². The van der Waals surface area contributed by atoms with Crippen molar-refractivity contribution in [3.05, 3.63) is 0 Å². The minimum Gasteiger partial charge on any atom is -1.00 e. The van der Waals surface area contributed by atoms with Crippen molar-refractivity contribution in [3.8, 4) is 0 Å². The molecule has 1 saturated heterocycles. The third kappa shape index (κ3) is 2.20. The van der Waals surface area contributed by atoms with Gasteiger partial charge in [-0.1, -0.05) is 11.9 Å². The molecule has 0 bridgehead atoms. The zero-order valence-electron chi connectivity index (χ0n) is 7.74. The number of aldehydes is 1. The first-order chi connectivity index (χ1) is 4.25. The maximum atomic E-state index is 10.7. The molecule has 3 nitrogen and oxygen atoms in total. The van der Waals surface area contributed by atoms with E-state index < -0.39 is 6.04 Å². The molecule has 1 heterocycles. The van der Waals surface area contributed by atoms with E-state index in [1.54, 1.807) is 11.4 Å². The number of hydrogen-bond acceptors (Lipinski definition) is 4. The molecule has 0 amide bonds. The van der Waals surface area contributed by atoms with Crippen LogP contribution in [0.2, 0.25) is 0 Å². The molecular formula is C5H9CaNO2S. The maximum absolute atomic E-state index is 10.7. The van der Waals surface area contributed by atoms with Crippen molar-refractivity contribution >= 4 is 61.8 Å². The molecule has 0 N–H and O–H groups in total. The predicted molar refractivity (Wildman–Crippen MR) is 43.1 cm³/mol. The van der Waals surface area contributed by atoms with Gasteiger partial charge in [-0.15, -0.1) is 0 Å². The van der Waals surface area contributed by atoms with E-state index in [4.69, 9.17) is 0 Å². The van der Waals surface area contributed by atoms with E-state index in [1.165, 1.54) is 11.9 Å². The first-order valence-corrected chi connectivity index (χ1v) is 3.53. The van der Waals surface area contributed by atoms with Crippen molar-refractivity contribution in [2.75, 3.05) is 12.8 Å². The summed E-state index contributed by atoms with van der Waals surface area (Å²) in [5.41, 5.74) is 0. The molecule has 0 aromatic rings. The Morgan fingerprint density at radius 1 is 1.90 bits per heavy atom. The minimum atomic E-state index is -0.491.